The fraction of sp³-hybridized carbons (Fsp3) is 0. The van der Waals surface area contributed by atoms with E-state index < -0.39 is 0 Å². The first kappa shape index (κ1) is 11.1. The number of aromatic nitrogens is 1. The second-order valence-electron chi connectivity index (χ2n) is 3.12. The zero-order chi connectivity index (χ0) is 11.4. The summed E-state index contributed by atoms with van der Waals surface area (Å²) in [6.07, 6.45) is 3.35. The van der Waals surface area contributed by atoms with Crippen LogP contribution in [0.15, 0.2) is 47.6 Å². The number of halogens is 2. The van der Waals surface area contributed by atoms with Crippen LogP contribution >= 0.6 is 23.2 Å². The van der Waals surface area contributed by atoms with Crippen LogP contribution in [0.1, 0.15) is 5.56 Å². The molecule has 0 saturated heterocycles. The molecule has 1 aromatic carbocycles. The van der Waals surface area contributed by atoms with E-state index in [2.05, 4.69) is 9.98 Å². The Hall–Kier alpha value is -1.38. The minimum atomic E-state index is 0.396. The summed E-state index contributed by atoms with van der Waals surface area (Å²) in [5.41, 5.74) is 1.61. The summed E-state index contributed by atoms with van der Waals surface area (Å²) < 4.78 is 0. The Morgan fingerprint density at radius 2 is 1.81 bits per heavy atom. The van der Waals surface area contributed by atoms with E-state index in [9.17, 15) is 0 Å². The van der Waals surface area contributed by atoms with Crippen LogP contribution in [0.25, 0.3) is 0 Å². The molecule has 2 nitrogen and oxygen atoms in total. The van der Waals surface area contributed by atoms with Gasteiger partial charge in [0.2, 0.25) is 0 Å². The van der Waals surface area contributed by atoms with Crippen LogP contribution in [0.2, 0.25) is 10.2 Å². The summed E-state index contributed by atoms with van der Waals surface area (Å²) in [5, 5.41) is 1.10. The molecule has 1 heterocycles. The quantitative estimate of drug-likeness (QED) is 0.581. The normalized spacial score (nSPS) is 10.9. The summed E-state index contributed by atoms with van der Waals surface area (Å²) in [6.45, 7) is 0. The second kappa shape index (κ2) is 5.10. The molecule has 2 aromatic rings. The lowest BCUT2D eigenvalue weighted by Gasteiger charge is -1.96. The van der Waals surface area contributed by atoms with Crippen molar-refractivity contribution in [1.82, 2.24) is 4.98 Å². The third-order valence-corrected chi connectivity index (χ3v) is 2.51. The van der Waals surface area contributed by atoms with Crippen molar-refractivity contribution in [2.24, 2.45) is 4.99 Å². The van der Waals surface area contributed by atoms with Crippen LogP contribution in [0.4, 0.5) is 5.69 Å². The van der Waals surface area contributed by atoms with Crippen molar-refractivity contribution < 1.29 is 0 Å². The Labute approximate surface area is 104 Å². The number of nitrogens with zero attached hydrogens (tertiary/aromatic N) is 2. The average Bonchev–Trinajstić information content (AvgIpc) is 2.30. The van der Waals surface area contributed by atoms with Crippen molar-refractivity contribution in [3.8, 4) is 0 Å². The largest absolute Gasteiger partial charge is 0.253 e. The van der Waals surface area contributed by atoms with Gasteiger partial charge in [-0.1, -0.05) is 35.3 Å². The highest BCUT2D eigenvalue weighted by molar-refractivity contribution is 6.31. The van der Waals surface area contributed by atoms with Gasteiger partial charge in [0.25, 0.3) is 0 Å². The Kier molecular flexibility index (Phi) is 3.54. The monoisotopic (exact) mass is 250 g/mol. The molecule has 80 valence electrons. The fourth-order valence-corrected chi connectivity index (χ4v) is 1.46. The smallest absolute Gasteiger partial charge is 0.154 e. The topological polar surface area (TPSA) is 25.2 Å². The van der Waals surface area contributed by atoms with Crippen molar-refractivity contribution in [3.05, 3.63) is 58.3 Å². The Morgan fingerprint density at radius 1 is 1.06 bits per heavy atom. The van der Waals surface area contributed by atoms with Crippen LogP contribution in [-0.4, -0.2) is 11.2 Å². The van der Waals surface area contributed by atoms with Gasteiger partial charge >= 0.3 is 0 Å². The minimum absolute atomic E-state index is 0.396. The molecule has 0 fully saturated rings. The lowest BCUT2D eigenvalue weighted by atomic mass is 10.2. The molecule has 0 radical (unpaired) electrons. The van der Waals surface area contributed by atoms with Crippen LogP contribution < -0.4 is 0 Å². The van der Waals surface area contributed by atoms with Gasteiger partial charge in [0.1, 0.15) is 5.69 Å². The highest BCUT2D eigenvalue weighted by Crippen LogP contribution is 2.20. The van der Waals surface area contributed by atoms with E-state index in [0.717, 1.165) is 5.56 Å². The predicted molar refractivity (Wildman–Crippen MR) is 68.0 cm³/mol. The van der Waals surface area contributed by atoms with Gasteiger partial charge in [-0.15, -0.1) is 0 Å². The van der Waals surface area contributed by atoms with Gasteiger partial charge in [-0.2, -0.15) is 0 Å². The maximum atomic E-state index is 5.87. The molecular formula is C12H8Cl2N2. The Bertz CT molecular complexity index is 507. The van der Waals surface area contributed by atoms with E-state index >= 15 is 0 Å². The Balaban J connectivity index is 2.21. The van der Waals surface area contributed by atoms with Gasteiger partial charge in [-0.05, 0) is 29.8 Å². The molecule has 0 bridgehead atoms. The molecule has 0 amide bonds. The molecule has 0 aliphatic carbocycles. The number of hydrogen-bond acceptors (Lipinski definition) is 2. The number of hydrogen-bond donors (Lipinski definition) is 0. The van der Waals surface area contributed by atoms with Crippen molar-refractivity contribution in [3.63, 3.8) is 0 Å². The van der Waals surface area contributed by atoms with Gasteiger partial charge in [-0.25, -0.2) is 4.98 Å². The standard InChI is InChI=1S/C12H8Cl2N2/c13-10-5-3-9(4-6-10)8-16-11-2-1-7-15-12(11)14/h1-8H. The van der Waals surface area contributed by atoms with Gasteiger partial charge < -0.3 is 0 Å². The van der Waals surface area contributed by atoms with Crippen molar-refractivity contribution in [2.45, 2.75) is 0 Å². The van der Waals surface area contributed by atoms with E-state index in [-0.39, 0.29) is 0 Å². The number of pyridine rings is 1. The molecular weight excluding hydrogens is 243 g/mol. The van der Waals surface area contributed by atoms with Gasteiger partial charge in [0.15, 0.2) is 5.15 Å². The zero-order valence-corrected chi connectivity index (χ0v) is 9.78. The summed E-state index contributed by atoms with van der Waals surface area (Å²) >= 11 is 11.6. The number of aliphatic imine (C=N–C) groups is 1. The van der Waals surface area contributed by atoms with Crippen molar-refractivity contribution in [1.29, 1.82) is 0 Å². The third kappa shape index (κ3) is 2.81. The third-order valence-electron chi connectivity index (χ3n) is 1.96. The SMILES string of the molecule is Clc1ccc(C=Nc2cccnc2Cl)cc1. The average molecular weight is 251 g/mol. The Morgan fingerprint density at radius 3 is 2.50 bits per heavy atom. The second-order valence-corrected chi connectivity index (χ2v) is 3.92. The summed E-state index contributed by atoms with van der Waals surface area (Å²) in [4.78, 5) is 8.18. The van der Waals surface area contributed by atoms with E-state index in [1.807, 2.05) is 30.3 Å². The van der Waals surface area contributed by atoms with Crippen LogP contribution in [0.3, 0.4) is 0 Å². The predicted octanol–water partition coefficient (Wildman–Crippen LogP) is 4.14. The highest BCUT2D eigenvalue weighted by atomic mass is 35.5. The molecule has 1 aromatic heterocycles. The summed E-state index contributed by atoms with van der Waals surface area (Å²) in [5.74, 6) is 0. The van der Waals surface area contributed by atoms with Gasteiger partial charge in [-0.3, -0.25) is 4.99 Å². The minimum Gasteiger partial charge on any atom is -0.253 e. The summed E-state index contributed by atoms with van der Waals surface area (Å²) in [6, 6.07) is 11.0. The molecule has 0 atom stereocenters. The van der Waals surface area contributed by atoms with Crippen LogP contribution in [0.5, 0.6) is 0 Å². The zero-order valence-electron chi connectivity index (χ0n) is 8.27. The first-order valence-corrected chi connectivity index (χ1v) is 5.41. The molecule has 4 heteroatoms. The van der Waals surface area contributed by atoms with Crippen LogP contribution in [0, 0.1) is 0 Å². The lowest BCUT2D eigenvalue weighted by Crippen LogP contribution is -1.80. The molecule has 0 aliphatic rings. The van der Waals surface area contributed by atoms with E-state index in [0.29, 0.717) is 15.9 Å². The first-order valence-electron chi connectivity index (χ1n) is 4.66. The van der Waals surface area contributed by atoms with Gasteiger partial charge in [0, 0.05) is 17.4 Å². The molecule has 0 unspecified atom stereocenters. The molecule has 0 N–H and O–H groups in total. The van der Waals surface area contributed by atoms with E-state index in [1.54, 1.807) is 18.5 Å². The van der Waals surface area contributed by atoms with Crippen LogP contribution in [-0.2, 0) is 0 Å². The molecule has 0 spiro atoms. The maximum Gasteiger partial charge on any atom is 0.154 e. The highest BCUT2D eigenvalue weighted by Gasteiger charge is 1.96. The van der Waals surface area contributed by atoms with Gasteiger partial charge in [0.05, 0.1) is 0 Å². The van der Waals surface area contributed by atoms with Crippen molar-refractivity contribution in [2.75, 3.05) is 0 Å². The number of rotatable bonds is 2. The molecule has 0 aliphatic heterocycles. The van der Waals surface area contributed by atoms with Crippen molar-refractivity contribution >= 4 is 35.1 Å². The lowest BCUT2D eigenvalue weighted by molar-refractivity contribution is 1.31. The molecule has 16 heavy (non-hydrogen) atoms. The molecule has 0 saturated carbocycles. The number of benzene rings is 1. The summed E-state index contributed by atoms with van der Waals surface area (Å²) in [7, 11) is 0. The maximum absolute atomic E-state index is 5.87. The van der Waals surface area contributed by atoms with E-state index in [4.69, 9.17) is 23.2 Å². The fourth-order valence-electron chi connectivity index (χ4n) is 1.17. The first-order chi connectivity index (χ1) is 7.75. The molecule has 2 rings (SSSR count). The van der Waals surface area contributed by atoms with E-state index in [1.165, 1.54) is 0 Å².